The molecule has 0 saturated carbocycles. The van der Waals surface area contributed by atoms with E-state index >= 15 is 0 Å². The van der Waals surface area contributed by atoms with E-state index in [1.165, 1.54) is 45.2 Å². The van der Waals surface area contributed by atoms with Gasteiger partial charge < -0.3 is 29.3 Å². The highest BCUT2D eigenvalue weighted by Crippen LogP contribution is 2.31. The van der Waals surface area contributed by atoms with E-state index in [9.17, 15) is 4.79 Å². The number of nitrogens with one attached hydrogen (secondary N) is 1. The van der Waals surface area contributed by atoms with Gasteiger partial charge in [0, 0.05) is 32.8 Å². The van der Waals surface area contributed by atoms with Crippen molar-refractivity contribution >= 4 is 6.03 Å². The molecule has 1 aromatic rings. The molecular formula is C24H39N3O4. The van der Waals surface area contributed by atoms with Crippen LogP contribution in [0.3, 0.4) is 0 Å². The Hall–Kier alpha value is -1.99. The van der Waals surface area contributed by atoms with Crippen molar-refractivity contribution in [2.45, 2.75) is 44.6 Å². The van der Waals surface area contributed by atoms with Crippen LogP contribution in [0.5, 0.6) is 11.5 Å². The fourth-order valence-corrected chi connectivity index (χ4v) is 5.01. The van der Waals surface area contributed by atoms with E-state index in [4.69, 9.17) is 14.2 Å². The highest BCUT2D eigenvalue weighted by Gasteiger charge is 2.34. The SMILES string of the molecule is COCCN(CC1CCCN2CCCCC12)C(=O)NCCc1ccc(OC)c(OC)c1. The first-order valence-electron chi connectivity index (χ1n) is 11.6. The third-order valence-electron chi connectivity index (χ3n) is 6.67. The number of benzene rings is 1. The Kier molecular flexibility index (Phi) is 9.28. The number of nitrogens with zero attached hydrogens (tertiary/aromatic N) is 2. The van der Waals surface area contributed by atoms with E-state index in [0.717, 1.165) is 18.5 Å². The molecule has 31 heavy (non-hydrogen) atoms. The second kappa shape index (κ2) is 12.2. The second-order valence-electron chi connectivity index (χ2n) is 8.61. The van der Waals surface area contributed by atoms with Crippen LogP contribution in [0.4, 0.5) is 4.79 Å². The molecule has 7 heteroatoms. The smallest absolute Gasteiger partial charge is 0.317 e. The zero-order valence-corrected chi connectivity index (χ0v) is 19.4. The Labute approximate surface area is 187 Å². The largest absolute Gasteiger partial charge is 0.493 e. The van der Waals surface area contributed by atoms with Crippen molar-refractivity contribution in [1.82, 2.24) is 15.1 Å². The molecule has 174 valence electrons. The lowest BCUT2D eigenvalue weighted by Crippen LogP contribution is -2.53. The summed E-state index contributed by atoms with van der Waals surface area (Å²) < 4.78 is 16.0. The van der Waals surface area contributed by atoms with E-state index in [-0.39, 0.29) is 6.03 Å². The van der Waals surface area contributed by atoms with E-state index in [0.29, 0.717) is 43.2 Å². The van der Waals surface area contributed by atoms with Gasteiger partial charge in [0.15, 0.2) is 11.5 Å². The number of methoxy groups -OCH3 is 3. The summed E-state index contributed by atoms with van der Waals surface area (Å²) in [5.74, 6) is 1.98. The monoisotopic (exact) mass is 433 g/mol. The minimum atomic E-state index is 0.00506. The summed E-state index contributed by atoms with van der Waals surface area (Å²) >= 11 is 0. The molecule has 2 saturated heterocycles. The third kappa shape index (κ3) is 6.50. The summed E-state index contributed by atoms with van der Waals surface area (Å²) in [6, 6.07) is 6.51. The van der Waals surface area contributed by atoms with Crippen molar-refractivity contribution in [3.05, 3.63) is 23.8 Å². The average Bonchev–Trinajstić information content (AvgIpc) is 2.81. The van der Waals surface area contributed by atoms with Crippen LogP contribution in [0.25, 0.3) is 0 Å². The summed E-state index contributed by atoms with van der Waals surface area (Å²) in [7, 11) is 4.96. The third-order valence-corrected chi connectivity index (χ3v) is 6.67. The van der Waals surface area contributed by atoms with Gasteiger partial charge in [-0.3, -0.25) is 0 Å². The predicted octanol–water partition coefficient (Wildman–Crippen LogP) is 3.17. The first-order valence-corrected chi connectivity index (χ1v) is 11.6. The molecule has 2 heterocycles. The zero-order chi connectivity index (χ0) is 22.1. The molecule has 2 amide bonds. The summed E-state index contributed by atoms with van der Waals surface area (Å²) in [4.78, 5) is 17.6. The van der Waals surface area contributed by atoms with Gasteiger partial charge in [-0.1, -0.05) is 12.5 Å². The highest BCUT2D eigenvalue weighted by atomic mass is 16.5. The van der Waals surface area contributed by atoms with Gasteiger partial charge in [0.05, 0.1) is 20.8 Å². The molecule has 0 aromatic heterocycles. The normalized spacial score (nSPS) is 21.3. The first-order chi connectivity index (χ1) is 15.2. The molecule has 0 radical (unpaired) electrons. The van der Waals surface area contributed by atoms with E-state index in [1.54, 1.807) is 21.3 Å². The molecule has 0 aliphatic carbocycles. The molecule has 3 rings (SSSR count). The van der Waals surface area contributed by atoms with Crippen LogP contribution in [0, 0.1) is 5.92 Å². The Morgan fingerprint density at radius 2 is 1.90 bits per heavy atom. The van der Waals surface area contributed by atoms with Gasteiger partial charge in [-0.2, -0.15) is 0 Å². The number of urea groups is 1. The number of ether oxygens (including phenoxy) is 3. The van der Waals surface area contributed by atoms with Crippen LogP contribution in [-0.2, 0) is 11.2 Å². The van der Waals surface area contributed by atoms with Crippen molar-refractivity contribution in [1.29, 1.82) is 0 Å². The topological polar surface area (TPSA) is 63.3 Å². The van der Waals surface area contributed by atoms with Gasteiger partial charge in [0.1, 0.15) is 0 Å². The number of hydrogen-bond donors (Lipinski definition) is 1. The molecule has 1 aromatic carbocycles. The summed E-state index contributed by atoms with van der Waals surface area (Å²) in [6.45, 7) is 5.02. The second-order valence-corrected chi connectivity index (χ2v) is 8.61. The van der Waals surface area contributed by atoms with Crippen LogP contribution in [-0.4, -0.2) is 82.5 Å². The van der Waals surface area contributed by atoms with Crippen LogP contribution < -0.4 is 14.8 Å². The van der Waals surface area contributed by atoms with Crippen LogP contribution in [0.2, 0.25) is 0 Å². The number of carbonyl (C=O) groups excluding carboxylic acids is 1. The van der Waals surface area contributed by atoms with Gasteiger partial charge >= 0.3 is 6.03 Å². The molecule has 0 spiro atoms. The molecule has 2 atom stereocenters. The fourth-order valence-electron chi connectivity index (χ4n) is 5.01. The van der Waals surface area contributed by atoms with Gasteiger partial charge in [0.25, 0.3) is 0 Å². The Bertz CT molecular complexity index is 697. The van der Waals surface area contributed by atoms with Crippen molar-refractivity contribution in [3.8, 4) is 11.5 Å². The minimum absolute atomic E-state index is 0.00506. The Morgan fingerprint density at radius 3 is 2.68 bits per heavy atom. The molecule has 7 nitrogen and oxygen atoms in total. The van der Waals surface area contributed by atoms with Gasteiger partial charge in [-0.05, 0) is 68.8 Å². The maximum atomic E-state index is 13.0. The summed E-state index contributed by atoms with van der Waals surface area (Å²) in [6.07, 6.45) is 7.08. The molecule has 2 unspecified atom stereocenters. The van der Waals surface area contributed by atoms with Gasteiger partial charge in [-0.25, -0.2) is 4.79 Å². The van der Waals surface area contributed by atoms with Crippen LogP contribution in [0.15, 0.2) is 18.2 Å². The summed E-state index contributed by atoms with van der Waals surface area (Å²) in [5, 5.41) is 3.11. The Morgan fingerprint density at radius 1 is 1.10 bits per heavy atom. The lowest BCUT2D eigenvalue weighted by Gasteiger charge is -2.45. The van der Waals surface area contributed by atoms with Crippen molar-refractivity contribution in [2.75, 3.05) is 60.7 Å². The van der Waals surface area contributed by atoms with E-state index in [1.807, 2.05) is 23.1 Å². The molecule has 0 bridgehead atoms. The number of fused-ring (bicyclic) bond motifs is 1. The number of hydrogen-bond acceptors (Lipinski definition) is 5. The molecule has 2 aliphatic rings. The van der Waals surface area contributed by atoms with Crippen molar-refractivity contribution in [3.63, 3.8) is 0 Å². The zero-order valence-electron chi connectivity index (χ0n) is 19.4. The van der Waals surface area contributed by atoms with Gasteiger partial charge in [-0.15, -0.1) is 0 Å². The highest BCUT2D eigenvalue weighted by molar-refractivity contribution is 5.74. The van der Waals surface area contributed by atoms with Crippen molar-refractivity contribution in [2.24, 2.45) is 5.92 Å². The number of rotatable bonds is 10. The quantitative estimate of drug-likeness (QED) is 0.614. The van der Waals surface area contributed by atoms with E-state index in [2.05, 4.69) is 10.2 Å². The molecule has 2 fully saturated rings. The molecule has 2 aliphatic heterocycles. The molecule has 1 N–H and O–H groups in total. The predicted molar refractivity (Wildman–Crippen MR) is 122 cm³/mol. The maximum absolute atomic E-state index is 13.0. The maximum Gasteiger partial charge on any atom is 0.317 e. The van der Waals surface area contributed by atoms with Gasteiger partial charge in [0.2, 0.25) is 0 Å². The summed E-state index contributed by atoms with van der Waals surface area (Å²) in [5.41, 5.74) is 1.10. The standard InChI is InChI=1S/C24H39N3O4/c1-29-16-15-27(18-20-7-6-14-26-13-5-4-8-21(20)26)24(28)25-12-11-19-9-10-22(30-2)23(17-19)31-3/h9-10,17,20-21H,4-8,11-16,18H2,1-3H3,(H,25,28). The lowest BCUT2D eigenvalue weighted by atomic mass is 9.83. The number of piperidine rings is 2. The number of amides is 2. The minimum Gasteiger partial charge on any atom is -0.493 e. The van der Waals surface area contributed by atoms with E-state index < -0.39 is 0 Å². The molecular weight excluding hydrogens is 394 g/mol. The Balaban J connectivity index is 1.54. The lowest BCUT2D eigenvalue weighted by molar-refractivity contribution is 0.0421. The van der Waals surface area contributed by atoms with Crippen LogP contribution >= 0.6 is 0 Å². The van der Waals surface area contributed by atoms with Crippen molar-refractivity contribution < 1.29 is 19.0 Å². The fraction of sp³-hybridized carbons (Fsp3) is 0.708. The number of carbonyl (C=O) groups is 1. The first kappa shape index (κ1) is 23.7. The van der Waals surface area contributed by atoms with Crippen LogP contribution in [0.1, 0.15) is 37.7 Å². The average molecular weight is 434 g/mol.